The highest BCUT2D eigenvalue weighted by atomic mass is 35.5. The number of alkyl halides is 1. The fourth-order valence-electron chi connectivity index (χ4n) is 2.68. The van der Waals surface area contributed by atoms with Crippen molar-refractivity contribution in [2.75, 3.05) is 11.9 Å². The van der Waals surface area contributed by atoms with E-state index in [1.54, 1.807) is 5.38 Å². The van der Waals surface area contributed by atoms with Gasteiger partial charge >= 0.3 is 0 Å². The fraction of sp³-hybridized carbons (Fsp3) is 0.250. The Hall–Kier alpha value is -2.85. The van der Waals surface area contributed by atoms with E-state index in [1.807, 2.05) is 0 Å². The molecule has 2 aromatic rings. The monoisotopic (exact) mass is 408 g/mol. The molecule has 0 saturated carbocycles. The summed E-state index contributed by atoms with van der Waals surface area (Å²) in [6.07, 6.45) is 0.282. The quantitative estimate of drug-likeness (QED) is 0.325. The van der Waals surface area contributed by atoms with E-state index in [1.165, 1.54) is 29.5 Å². The van der Waals surface area contributed by atoms with Gasteiger partial charge in [0.05, 0.1) is 22.1 Å². The summed E-state index contributed by atoms with van der Waals surface area (Å²) < 4.78 is 0. The minimum absolute atomic E-state index is 0.00930. The molecule has 0 bridgehead atoms. The molecule has 0 fully saturated rings. The van der Waals surface area contributed by atoms with Crippen LogP contribution in [0.4, 0.5) is 10.8 Å². The maximum atomic E-state index is 12.4. The SMILES string of the molecule is O=C(CCCN1C(=O)c2cccc([N+](=O)[O-])c2C1=O)Nc1nc(CCl)cs1. The number of carbonyl (C=O) groups is 3. The Labute approximate surface area is 162 Å². The fourth-order valence-corrected chi connectivity index (χ4v) is 3.63. The van der Waals surface area contributed by atoms with Gasteiger partial charge in [-0.15, -0.1) is 22.9 Å². The molecule has 3 amide bonds. The summed E-state index contributed by atoms with van der Waals surface area (Å²) in [6.45, 7) is -0.0122. The molecular formula is C16H13ClN4O5S. The minimum Gasteiger partial charge on any atom is -0.302 e. The van der Waals surface area contributed by atoms with Gasteiger partial charge in [-0.25, -0.2) is 4.98 Å². The van der Waals surface area contributed by atoms with Gasteiger partial charge < -0.3 is 5.32 Å². The number of halogens is 1. The van der Waals surface area contributed by atoms with Crippen LogP contribution in [0.1, 0.15) is 39.3 Å². The Bertz CT molecular complexity index is 945. The average Bonchev–Trinajstić information content (AvgIpc) is 3.19. The first kappa shape index (κ1) is 18.9. The number of carbonyl (C=O) groups excluding carboxylic acids is 3. The number of rotatable bonds is 7. The molecule has 1 aliphatic rings. The number of amides is 3. The van der Waals surface area contributed by atoms with Gasteiger partial charge in [0.1, 0.15) is 5.56 Å². The van der Waals surface area contributed by atoms with Crippen LogP contribution in [0.2, 0.25) is 0 Å². The molecule has 27 heavy (non-hydrogen) atoms. The zero-order valence-corrected chi connectivity index (χ0v) is 15.4. The first-order chi connectivity index (χ1) is 12.9. The van der Waals surface area contributed by atoms with Crippen LogP contribution in [0, 0.1) is 10.1 Å². The van der Waals surface area contributed by atoms with Crippen molar-refractivity contribution >= 4 is 51.5 Å². The summed E-state index contributed by atoms with van der Waals surface area (Å²) >= 11 is 6.90. The maximum absolute atomic E-state index is 12.4. The largest absolute Gasteiger partial charge is 0.302 e. The van der Waals surface area contributed by atoms with Crippen LogP contribution < -0.4 is 5.32 Å². The molecule has 0 radical (unpaired) electrons. The molecule has 0 spiro atoms. The van der Waals surface area contributed by atoms with Gasteiger partial charge in [0.15, 0.2) is 5.13 Å². The van der Waals surface area contributed by atoms with Crippen LogP contribution in [0.15, 0.2) is 23.6 Å². The Morgan fingerprint density at radius 2 is 2.11 bits per heavy atom. The number of nitro groups is 1. The van der Waals surface area contributed by atoms with E-state index < -0.39 is 22.4 Å². The molecule has 1 aromatic carbocycles. The third kappa shape index (κ3) is 3.81. The normalized spacial score (nSPS) is 13.0. The number of aromatic nitrogens is 1. The molecule has 1 N–H and O–H groups in total. The van der Waals surface area contributed by atoms with Crippen molar-refractivity contribution in [1.82, 2.24) is 9.88 Å². The Morgan fingerprint density at radius 3 is 2.78 bits per heavy atom. The second-order valence-corrected chi connectivity index (χ2v) is 6.77. The molecule has 1 aliphatic heterocycles. The van der Waals surface area contributed by atoms with E-state index in [2.05, 4.69) is 10.3 Å². The molecule has 3 rings (SSSR count). The number of nitrogens with one attached hydrogen (secondary N) is 1. The topological polar surface area (TPSA) is 123 Å². The van der Waals surface area contributed by atoms with Gasteiger partial charge in [0.2, 0.25) is 5.91 Å². The number of fused-ring (bicyclic) bond motifs is 1. The van der Waals surface area contributed by atoms with Crippen LogP contribution in [0.5, 0.6) is 0 Å². The molecule has 0 aliphatic carbocycles. The number of hydrogen-bond donors (Lipinski definition) is 1. The lowest BCUT2D eigenvalue weighted by atomic mass is 10.1. The standard InChI is InChI=1S/C16H13ClN4O5S/c17-7-9-8-27-16(18-9)19-12(22)5-2-6-20-14(23)10-3-1-4-11(21(25)26)13(10)15(20)24/h1,3-4,8H,2,5-7H2,(H,18,19,22). The Balaban J connectivity index is 1.59. The predicted molar refractivity (Wildman–Crippen MR) is 98.0 cm³/mol. The van der Waals surface area contributed by atoms with Crippen molar-refractivity contribution in [3.8, 4) is 0 Å². The summed E-state index contributed by atoms with van der Waals surface area (Å²) in [6, 6.07) is 3.93. The number of nitro benzene ring substituents is 1. The smallest absolute Gasteiger partial charge is 0.282 e. The third-order valence-corrected chi connectivity index (χ3v) is 4.97. The highest BCUT2D eigenvalue weighted by Crippen LogP contribution is 2.30. The number of hydrogen-bond acceptors (Lipinski definition) is 7. The van der Waals surface area contributed by atoms with Crippen molar-refractivity contribution < 1.29 is 19.3 Å². The lowest BCUT2D eigenvalue weighted by Gasteiger charge is -2.13. The van der Waals surface area contributed by atoms with E-state index in [-0.39, 0.29) is 42.3 Å². The Morgan fingerprint density at radius 1 is 1.33 bits per heavy atom. The van der Waals surface area contributed by atoms with Gasteiger partial charge in [-0.1, -0.05) is 6.07 Å². The molecule has 9 nitrogen and oxygen atoms in total. The van der Waals surface area contributed by atoms with E-state index in [9.17, 15) is 24.5 Å². The molecular weight excluding hydrogens is 396 g/mol. The number of anilines is 1. The number of thiazole rings is 1. The first-order valence-corrected chi connectivity index (χ1v) is 9.27. The minimum atomic E-state index is -0.714. The molecule has 11 heteroatoms. The lowest BCUT2D eigenvalue weighted by Crippen LogP contribution is -2.31. The van der Waals surface area contributed by atoms with Crippen LogP contribution in [0.25, 0.3) is 0 Å². The van der Waals surface area contributed by atoms with Gasteiger partial charge in [-0.3, -0.25) is 29.4 Å². The van der Waals surface area contributed by atoms with Gasteiger partial charge in [-0.05, 0) is 12.5 Å². The van der Waals surface area contributed by atoms with Crippen LogP contribution >= 0.6 is 22.9 Å². The third-order valence-electron chi connectivity index (χ3n) is 3.89. The van der Waals surface area contributed by atoms with Crippen molar-refractivity contribution in [2.24, 2.45) is 0 Å². The predicted octanol–water partition coefficient (Wildman–Crippen LogP) is 2.81. The molecule has 0 saturated heterocycles. The summed E-state index contributed by atoms with van der Waals surface area (Å²) in [5, 5.41) is 15.8. The van der Waals surface area contributed by atoms with Gasteiger partial charge in [0, 0.05) is 24.4 Å². The van der Waals surface area contributed by atoms with E-state index in [4.69, 9.17) is 11.6 Å². The zero-order chi connectivity index (χ0) is 19.6. The molecule has 140 valence electrons. The molecule has 1 aromatic heterocycles. The molecule has 0 atom stereocenters. The van der Waals surface area contributed by atoms with Crippen LogP contribution in [-0.4, -0.2) is 39.1 Å². The van der Waals surface area contributed by atoms with Crippen molar-refractivity contribution in [3.05, 3.63) is 50.5 Å². The number of benzene rings is 1. The average molecular weight is 409 g/mol. The van der Waals surface area contributed by atoms with E-state index in [0.717, 1.165) is 4.90 Å². The van der Waals surface area contributed by atoms with Crippen molar-refractivity contribution in [2.45, 2.75) is 18.7 Å². The van der Waals surface area contributed by atoms with Crippen molar-refractivity contribution in [1.29, 1.82) is 0 Å². The molecule has 2 heterocycles. The number of imide groups is 1. The first-order valence-electron chi connectivity index (χ1n) is 7.86. The van der Waals surface area contributed by atoms with Crippen LogP contribution in [0.3, 0.4) is 0 Å². The van der Waals surface area contributed by atoms with Gasteiger partial charge in [0.25, 0.3) is 17.5 Å². The summed E-state index contributed by atoms with van der Waals surface area (Å²) in [7, 11) is 0. The highest BCUT2D eigenvalue weighted by molar-refractivity contribution is 7.13. The lowest BCUT2D eigenvalue weighted by molar-refractivity contribution is -0.385. The van der Waals surface area contributed by atoms with E-state index in [0.29, 0.717) is 10.8 Å². The van der Waals surface area contributed by atoms with Gasteiger partial charge in [-0.2, -0.15) is 0 Å². The summed E-state index contributed by atoms with van der Waals surface area (Å²) in [5.74, 6) is -1.37. The highest BCUT2D eigenvalue weighted by Gasteiger charge is 2.40. The number of nitrogens with zero attached hydrogens (tertiary/aromatic N) is 3. The van der Waals surface area contributed by atoms with Crippen LogP contribution in [-0.2, 0) is 10.7 Å². The summed E-state index contributed by atoms with van der Waals surface area (Å²) in [4.78, 5) is 52.1. The zero-order valence-electron chi connectivity index (χ0n) is 13.8. The maximum Gasteiger partial charge on any atom is 0.282 e. The van der Waals surface area contributed by atoms with E-state index >= 15 is 0 Å². The summed E-state index contributed by atoms with van der Waals surface area (Å²) in [5.41, 5.74) is 0.0675. The second kappa shape index (κ2) is 7.80. The molecule has 0 unspecified atom stereocenters. The second-order valence-electron chi connectivity index (χ2n) is 5.65. The Kier molecular flexibility index (Phi) is 5.47. The van der Waals surface area contributed by atoms with Crippen molar-refractivity contribution in [3.63, 3.8) is 0 Å².